The standard InChI is InChI=1S/C20H20N2O4/c1-13(23)16-10-14(6-7-19(16)24)11-17(21)20(25)26-12-22-9-8-15-4-2-3-5-18(15)22/h2-10,17,24H,11-12,21H2,1H3. The van der Waals surface area contributed by atoms with Crippen molar-refractivity contribution in [1.29, 1.82) is 0 Å². The van der Waals surface area contributed by atoms with Crippen molar-refractivity contribution in [2.45, 2.75) is 26.1 Å². The molecule has 1 aromatic heterocycles. The minimum atomic E-state index is -0.860. The highest BCUT2D eigenvalue weighted by Gasteiger charge is 2.17. The fraction of sp³-hybridized carbons (Fsp3) is 0.200. The summed E-state index contributed by atoms with van der Waals surface area (Å²) in [6.07, 6.45) is 2.06. The molecule has 1 heterocycles. The number of carbonyl (C=O) groups is 2. The van der Waals surface area contributed by atoms with Gasteiger partial charge in [-0.2, -0.15) is 0 Å². The lowest BCUT2D eigenvalue weighted by Crippen LogP contribution is -2.34. The van der Waals surface area contributed by atoms with Crippen molar-refractivity contribution in [3.8, 4) is 5.75 Å². The van der Waals surface area contributed by atoms with Crippen molar-refractivity contribution < 1.29 is 19.4 Å². The molecule has 0 radical (unpaired) electrons. The molecule has 0 fully saturated rings. The molecule has 0 spiro atoms. The summed E-state index contributed by atoms with van der Waals surface area (Å²) in [7, 11) is 0. The molecule has 0 aliphatic heterocycles. The molecule has 0 bridgehead atoms. The van der Waals surface area contributed by atoms with Gasteiger partial charge in [-0.25, -0.2) is 0 Å². The second-order valence-electron chi connectivity index (χ2n) is 6.16. The van der Waals surface area contributed by atoms with E-state index in [0.29, 0.717) is 5.56 Å². The minimum absolute atomic E-state index is 0.0777. The molecule has 134 valence electrons. The molecule has 0 saturated carbocycles. The van der Waals surface area contributed by atoms with E-state index >= 15 is 0 Å². The predicted molar refractivity (Wildman–Crippen MR) is 97.8 cm³/mol. The number of hydrogen-bond donors (Lipinski definition) is 2. The smallest absolute Gasteiger partial charge is 0.324 e. The molecule has 0 saturated heterocycles. The van der Waals surface area contributed by atoms with E-state index in [4.69, 9.17) is 10.5 Å². The Bertz CT molecular complexity index is 961. The number of rotatable bonds is 6. The highest BCUT2D eigenvalue weighted by atomic mass is 16.5. The first kappa shape index (κ1) is 17.7. The SMILES string of the molecule is CC(=O)c1cc(CC(N)C(=O)OCn2ccc3ccccc32)ccc1O. The van der Waals surface area contributed by atoms with Gasteiger partial charge in [0.05, 0.1) is 11.1 Å². The van der Waals surface area contributed by atoms with Gasteiger partial charge in [0.15, 0.2) is 12.5 Å². The molecule has 1 atom stereocenters. The topological polar surface area (TPSA) is 94.5 Å². The van der Waals surface area contributed by atoms with E-state index < -0.39 is 12.0 Å². The van der Waals surface area contributed by atoms with Gasteiger partial charge in [-0.15, -0.1) is 0 Å². The Morgan fingerprint density at radius 1 is 1.19 bits per heavy atom. The van der Waals surface area contributed by atoms with Gasteiger partial charge in [-0.3, -0.25) is 9.59 Å². The fourth-order valence-corrected chi connectivity index (χ4v) is 2.82. The summed E-state index contributed by atoms with van der Waals surface area (Å²) < 4.78 is 7.14. The number of esters is 1. The van der Waals surface area contributed by atoms with Crippen LogP contribution < -0.4 is 5.73 Å². The summed E-state index contributed by atoms with van der Waals surface area (Å²) in [5.41, 5.74) is 7.80. The van der Waals surface area contributed by atoms with Crippen LogP contribution in [0.15, 0.2) is 54.7 Å². The third-order valence-corrected chi connectivity index (χ3v) is 4.22. The normalized spacial score (nSPS) is 12.1. The third kappa shape index (κ3) is 3.75. The van der Waals surface area contributed by atoms with Crippen molar-refractivity contribution >= 4 is 22.7 Å². The Morgan fingerprint density at radius 3 is 2.73 bits per heavy atom. The van der Waals surface area contributed by atoms with Crippen molar-refractivity contribution in [2.24, 2.45) is 5.73 Å². The number of nitrogens with two attached hydrogens (primary N) is 1. The minimum Gasteiger partial charge on any atom is -0.507 e. The van der Waals surface area contributed by atoms with E-state index in [1.807, 2.05) is 41.1 Å². The van der Waals surface area contributed by atoms with Crippen LogP contribution in [0.1, 0.15) is 22.8 Å². The summed E-state index contributed by atoms with van der Waals surface area (Å²) >= 11 is 0. The van der Waals surface area contributed by atoms with Gasteiger partial charge in [-0.05, 0) is 48.6 Å². The number of nitrogens with zero attached hydrogens (tertiary/aromatic N) is 1. The largest absolute Gasteiger partial charge is 0.507 e. The van der Waals surface area contributed by atoms with Crippen LogP contribution in [0, 0.1) is 0 Å². The van der Waals surface area contributed by atoms with E-state index in [2.05, 4.69) is 0 Å². The number of hydrogen-bond acceptors (Lipinski definition) is 5. The zero-order valence-corrected chi connectivity index (χ0v) is 14.4. The highest BCUT2D eigenvalue weighted by molar-refractivity contribution is 5.96. The molecule has 0 aliphatic carbocycles. The van der Waals surface area contributed by atoms with E-state index in [9.17, 15) is 14.7 Å². The number of aromatic hydroxyl groups is 1. The fourth-order valence-electron chi connectivity index (χ4n) is 2.82. The second-order valence-corrected chi connectivity index (χ2v) is 6.16. The van der Waals surface area contributed by atoms with Crippen LogP contribution in [-0.4, -0.2) is 27.5 Å². The number of Topliss-reactive ketones (excluding diaryl/α,β-unsaturated/α-hetero) is 1. The lowest BCUT2D eigenvalue weighted by molar-refractivity contribution is -0.148. The van der Waals surface area contributed by atoms with E-state index in [-0.39, 0.29) is 30.2 Å². The number of ether oxygens (including phenoxy) is 1. The van der Waals surface area contributed by atoms with Crippen molar-refractivity contribution in [2.75, 3.05) is 0 Å². The third-order valence-electron chi connectivity index (χ3n) is 4.22. The maximum Gasteiger partial charge on any atom is 0.324 e. The Labute approximate surface area is 150 Å². The zero-order chi connectivity index (χ0) is 18.7. The number of phenols is 1. The molecule has 2 aromatic carbocycles. The van der Waals surface area contributed by atoms with Crippen LogP contribution in [0.25, 0.3) is 10.9 Å². The Kier molecular flexibility index (Phi) is 5.04. The molecule has 6 nitrogen and oxygen atoms in total. The molecule has 3 aromatic rings. The summed E-state index contributed by atoms with van der Waals surface area (Å²) in [5.74, 6) is -0.864. The number of fused-ring (bicyclic) bond motifs is 1. The van der Waals surface area contributed by atoms with E-state index in [0.717, 1.165) is 10.9 Å². The number of phenolic OH excluding ortho intramolecular Hbond substituents is 1. The van der Waals surface area contributed by atoms with Crippen LogP contribution in [-0.2, 0) is 22.7 Å². The molecular formula is C20H20N2O4. The molecule has 26 heavy (non-hydrogen) atoms. The molecule has 3 N–H and O–H groups in total. The number of aromatic nitrogens is 1. The molecule has 0 amide bonds. The monoisotopic (exact) mass is 352 g/mol. The summed E-state index contributed by atoms with van der Waals surface area (Å²) in [5, 5.41) is 10.7. The van der Waals surface area contributed by atoms with Crippen LogP contribution >= 0.6 is 0 Å². The van der Waals surface area contributed by atoms with Gasteiger partial charge >= 0.3 is 5.97 Å². The Balaban J connectivity index is 1.63. The summed E-state index contributed by atoms with van der Waals surface area (Å²) in [6, 6.07) is 13.5. The molecule has 3 rings (SSSR count). The van der Waals surface area contributed by atoms with Gasteiger partial charge < -0.3 is 20.1 Å². The van der Waals surface area contributed by atoms with Gasteiger partial charge in [-0.1, -0.05) is 24.3 Å². The first-order chi connectivity index (χ1) is 12.5. The lowest BCUT2D eigenvalue weighted by Gasteiger charge is -2.13. The van der Waals surface area contributed by atoms with Crippen LogP contribution in [0.2, 0.25) is 0 Å². The number of carbonyl (C=O) groups excluding carboxylic acids is 2. The number of ketones is 1. The zero-order valence-electron chi connectivity index (χ0n) is 14.4. The average molecular weight is 352 g/mol. The summed E-state index contributed by atoms with van der Waals surface area (Å²) in [4.78, 5) is 23.7. The van der Waals surface area contributed by atoms with Gasteiger partial charge in [0.1, 0.15) is 11.8 Å². The van der Waals surface area contributed by atoms with E-state index in [1.165, 1.54) is 13.0 Å². The van der Waals surface area contributed by atoms with Crippen molar-refractivity contribution in [3.05, 3.63) is 65.9 Å². The van der Waals surface area contributed by atoms with E-state index in [1.54, 1.807) is 12.1 Å². The van der Waals surface area contributed by atoms with Gasteiger partial charge in [0, 0.05) is 6.20 Å². The number of benzene rings is 2. The predicted octanol–water partition coefficient (Wildman–Crippen LogP) is 2.62. The first-order valence-electron chi connectivity index (χ1n) is 8.24. The summed E-state index contributed by atoms with van der Waals surface area (Å²) in [6.45, 7) is 1.45. The average Bonchev–Trinajstić information content (AvgIpc) is 3.04. The molecule has 6 heteroatoms. The lowest BCUT2D eigenvalue weighted by atomic mass is 10.0. The quantitative estimate of drug-likeness (QED) is 0.525. The van der Waals surface area contributed by atoms with Gasteiger partial charge in [0.2, 0.25) is 0 Å². The number of para-hydroxylation sites is 1. The Morgan fingerprint density at radius 2 is 1.96 bits per heavy atom. The molecular weight excluding hydrogens is 332 g/mol. The van der Waals surface area contributed by atoms with Crippen LogP contribution in [0.5, 0.6) is 5.75 Å². The first-order valence-corrected chi connectivity index (χ1v) is 8.24. The maximum absolute atomic E-state index is 12.2. The van der Waals surface area contributed by atoms with Gasteiger partial charge in [0.25, 0.3) is 0 Å². The Hall–Kier alpha value is -3.12. The van der Waals surface area contributed by atoms with Crippen molar-refractivity contribution in [1.82, 2.24) is 4.57 Å². The maximum atomic E-state index is 12.2. The second kappa shape index (κ2) is 7.41. The highest BCUT2D eigenvalue weighted by Crippen LogP contribution is 2.20. The van der Waals surface area contributed by atoms with Crippen molar-refractivity contribution in [3.63, 3.8) is 0 Å². The molecule has 1 unspecified atom stereocenters. The van der Waals surface area contributed by atoms with Crippen LogP contribution in [0.4, 0.5) is 0 Å². The molecule has 0 aliphatic rings. The van der Waals surface area contributed by atoms with Crippen LogP contribution in [0.3, 0.4) is 0 Å².